The number of allylic oxidation sites excluding steroid dienone is 1. The summed E-state index contributed by atoms with van der Waals surface area (Å²) in [6, 6.07) is 0. The highest BCUT2D eigenvalue weighted by Crippen LogP contribution is 2.03. The van der Waals surface area contributed by atoms with Crippen LogP contribution >= 0.6 is 0 Å². The number of carbonyl (C=O) groups is 1. The van der Waals surface area contributed by atoms with Crippen LogP contribution in [0.1, 0.15) is 0 Å². The molecule has 0 saturated carbocycles. The van der Waals surface area contributed by atoms with Gasteiger partial charge in [-0.25, -0.2) is 4.79 Å². The SMILES string of the molecule is COC(=O)C1=CC(F)=N[N]1. The molecule has 1 aliphatic rings. The van der Waals surface area contributed by atoms with E-state index in [1.807, 2.05) is 0 Å². The average Bonchev–Trinajstić information content (AvgIpc) is 2.34. The molecule has 0 spiro atoms. The van der Waals surface area contributed by atoms with E-state index in [4.69, 9.17) is 0 Å². The van der Waals surface area contributed by atoms with Gasteiger partial charge in [0, 0.05) is 6.08 Å². The molecule has 0 aliphatic carbocycles. The topological polar surface area (TPSA) is 52.8 Å². The second-order valence-electron chi connectivity index (χ2n) is 1.54. The van der Waals surface area contributed by atoms with Gasteiger partial charge in [0.15, 0.2) is 5.70 Å². The number of methoxy groups -OCH3 is 1. The average molecular weight is 143 g/mol. The van der Waals surface area contributed by atoms with E-state index in [9.17, 15) is 9.18 Å². The summed E-state index contributed by atoms with van der Waals surface area (Å²) in [5, 5.41) is 2.97. The Labute approximate surface area is 56.4 Å². The van der Waals surface area contributed by atoms with Gasteiger partial charge in [0.2, 0.25) is 5.97 Å². The summed E-state index contributed by atoms with van der Waals surface area (Å²) in [7, 11) is 1.19. The quantitative estimate of drug-likeness (QED) is 0.483. The Morgan fingerprint density at radius 1 is 1.80 bits per heavy atom. The first-order valence-electron chi connectivity index (χ1n) is 2.48. The van der Waals surface area contributed by atoms with Crippen molar-refractivity contribution in [2.24, 2.45) is 5.10 Å². The molecule has 10 heavy (non-hydrogen) atoms. The predicted molar refractivity (Wildman–Crippen MR) is 30.8 cm³/mol. The van der Waals surface area contributed by atoms with Gasteiger partial charge >= 0.3 is 5.97 Å². The van der Waals surface area contributed by atoms with Gasteiger partial charge in [-0.15, -0.1) is 10.5 Å². The van der Waals surface area contributed by atoms with Crippen LogP contribution in [-0.2, 0) is 9.53 Å². The summed E-state index contributed by atoms with van der Waals surface area (Å²) in [6.07, 6.45) is 0.909. The smallest absolute Gasteiger partial charge is 0.358 e. The van der Waals surface area contributed by atoms with Crippen LogP contribution in [0, 0.1) is 0 Å². The zero-order chi connectivity index (χ0) is 7.56. The maximum atomic E-state index is 12.0. The lowest BCUT2D eigenvalue weighted by atomic mass is 10.4. The summed E-state index contributed by atoms with van der Waals surface area (Å²) >= 11 is 0. The van der Waals surface area contributed by atoms with Gasteiger partial charge in [-0.2, -0.15) is 4.39 Å². The lowest BCUT2D eigenvalue weighted by Crippen LogP contribution is -2.08. The minimum Gasteiger partial charge on any atom is -0.464 e. The van der Waals surface area contributed by atoms with Crippen molar-refractivity contribution in [1.29, 1.82) is 0 Å². The van der Waals surface area contributed by atoms with Crippen LogP contribution in [0.2, 0.25) is 0 Å². The van der Waals surface area contributed by atoms with Crippen molar-refractivity contribution in [1.82, 2.24) is 5.43 Å². The maximum Gasteiger partial charge on any atom is 0.358 e. The molecule has 1 heterocycles. The molecule has 0 saturated heterocycles. The van der Waals surface area contributed by atoms with E-state index in [1.165, 1.54) is 7.11 Å². The Balaban J connectivity index is 2.63. The first kappa shape index (κ1) is 6.73. The molecule has 4 nitrogen and oxygen atoms in total. The first-order valence-corrected chi connectivity index (χ1v) is 2.48. The number of carbonyl (C=O) groups excluding carboxylic acids is 1. The predicted octanol–water partition coefficient (Wildman–Crippen LogP) is -0.0557. The normalized spacial score (nSPS) is 15.4. The minimum absolute atomic E-state index is 0.111. The fraction of sp³-hybridized carbons (Fsp3) is 0.200. The number of hydrogen-bond donors (Lipinski definition) is 0. The van der Waals surface area contributed by atoms with Crippen LogP contribution in [0.15, 0.2) is 16.9 Å². The molecule has 0 N–H and O–H groups in total. The molecule has 5 heteroatoms. The molecule has 0 unspecified atom stereocenters. The zero-order valence-electron chi connectivity index (χ0n) is 5.17. The van der Waals surface area contributed by atoms with Crippen LogP contribution < -0.4 is 5.43 Å². The highest BCUT2D eigenvalue weighted by molar-refractivity contribution is 5.99. The van der Waals surface area contributed by atoms with Crippen LogP contribution in [-0.4, -0.2) is 19.0 Å². The second kappa shape index (κ2) is 2.47. The number of rotatable bonds is 1. The molecule has 0 aromatic rings. The molecule has 1 rings (SSSR count). The lowest BCUT2D eigenvalue weighted by molar-refractivity contribution is -0.136. The van der Waals surface area contributed by atoms with Gasteiger partial charge in [0.25, 0.3) is 0 Å². The summed E-state index contributed by atoms with van der Waals surface area (Å²) in [5.41, 5.74) is 3.08. The molecule has 53 valence electrons. The first-order chi connectivity index (χ1) is 4.74. The van der Waals surface area contributed by atoms with E-state index in [0.717, 1.165) is 6.08 Å². The van der Waals surface area contributed by atoms with Gasteiger partial charge in [-0.3, -0.25) is 0 Å². The van der Waals surface area contributed by atoms with E-state index in [1.54, 1.807) is 0 Å². The summed E-state index contributed by atoms with van der Waals surface area (Å²) in [5.74, 6) is -1.46. The van der Waals surface area contributed by atoms with Crippen molar-refractivity contribution in [3.05, 3.63) is 11.8 Å². The molecule has 0 fully saturated rings. The van der Waals surface area contributed by atoms with Crippen molar-refractivity contribution < 1.29 is 13.9 Å². The molecule has 0 atom stereocenters. The van der Waals surface area contributed by atoms with Crippen LogP contribution in [0.4, 0.5) is 4.39 Å². The van der Waals surface area contributed by atoms with Crippen molar-refractivity contribution in [2.75, 3.05) is 7.11 Å². The Morgan fingerprint density at radius 2 is 2.50 bits per heavy atom. The molecule has 0 amide bonds. The molecule has 0 bridgehead atoms. The maximum absolute atomic E-state index is 12.0. The van der Waals surface area contributed by atoms with Crippen molar-refractivity contribution in [3.63, 3.8) is 0 Å². The van der Waals surface area contributed by atoms with Gasteiger partial charge in [0.1, 0.15) is 0 Å². The highest BCUT2D eigenvalue weighted by Gasteiger charge is 2.17. The molecule has 1 aliphatic heterocycles. The number of nitrogens with zero attached hydrogens (tertiary/aromatic N) is 2. The number of ether oxygens (including phenoxy) is 1. The van der Waals surface area contributed by atoms with Crippen LogP contribution in [0.5, 0.6) is 0 Å². The Hall–Kier alpha value is -1.39. The molecule has 0 aromatic carbocycles. The third-order valence-corrected chi connectivity index (χ3v) is 0.904. The minimum atomic E-state index is -0.777. The lowest BCUT2D eigenvalue weighted by Gasteiger charge is -1.93. The van der Waals surface area contributed by atoms with E-state index in [2.05, 4.69) is 15.3 Å². The Bertz CT molecular complexity index is 222. The largest absolute Gasteiger partial charge is 0.464 e. The summed E-state index contributed by atoms with van der Waals surface area (Å²) in [4.78, 5) is 10.5. The van der Waals surface area contributed by atoms with E-state index < -0.39 is 11.9 Å². The number of halogens is 1. The monoisotopic (exact) mass is 143 g/mol. The Kier molecular flexibility index (Phi) is 1.66. The standard InChI is InChI=1S/C5H4FN2O2/c1-10-5(9)3-2-4(6)8-7-3/h2H,1H3. The molecular formula is C5H4FN2O2. The van der Waals surface area contributed by atoms with Gasteiger partial charge in [-0.1, -0.05) is 0 Å². The number of esters is 1. The Morgan fingerprint density at radius 3 is 2.90 bits per heavy atom. The number of hydrogen-bond acceptors (Lipinski definition) is 3. The van der Waals surface area contributed by atoms with Crippen LogP contribution in [0.3, 0.4) is 0 Å². The third kappa shape index (κ3) is 1.12. The fourth-order valence-electron chi connectivity index (χ4n) is 0.477. The van der Waals surface area contributed by atoms with Crippen LogP contribution in [0.25, 0.3) is 0 Å². The van der Waals surface area contributed by atoms with Gasteiger partial charge < -0.3 is 4.74 Å². The van der Waals surface area contributed by atoms with Crippen molar-refractivity contribution in [2.45, 2.75) is 0 Å². The fourth-order valence-corrected chi connectivity index (χ4v) is 0.477. The van der Waals surface area contributed by atoms with E-state index in [-0.39, 0.29) is 5.70 Å². The van der Waals surface area contributed by atoms with Gasteiger partial charge in [0.05, 0.1) is 7.11 Å². The second-order valence-corrected chi connectivity index (χ2v) is 1.54. The molecule has 1 radical (unpaired) electrons. The van der Waals surface area contributed by atoms with Gasteiger partial charge in [-0.05, 0) is 0 Å². The summed E-state index contributed by atoms with van der Waals surface area (Å²) < 4.78 is 16.3. The van der Waals surface area contributed by atoms with E-state index >= 15 is 0 Å². The van der Waals surface area contributed by atoms with Crippen molar-refractivity contribution in [3.8, 4) is 0 Å². The van der Waals surface area contributed by atoms with Crippen molar-refractivity contribution >= 4 is 11.9 Å². The third-order valence-electron chi connectivity index (χ3n) is 0.904. The van der Waals surface area contributed by atoms with E-state index in [0.29, 0.717) is 0 Å². The summed E-state index contributed by atoms with van der Waals surface area (Å²) in [6.45, 7) is 0. The highest BCUT2D eigenvalue weighted by atomic mass is 19.1. The zero-order valence-corrected chi connectivity index (χ0v) is 5.17. The molecule has 0 aromatic heterocycles. The molecular weight excluding hydrogens is 139 g/mol.